The van der Waals surface area contributed by atoms with Crippen LogP contribution in [0.2, 0.25) is 0 Å². The largest absolute Gasteiger partial charge is 0.419 e. The average Bonchev–Trinajstić information content (AvgIpc) is 3.17. The number of hydrogen-bond donors (Lipinski definition) is 0. The van der Waals surface area contributed by atoms with E-state index in [0.29, 0.717) is 18.3 Å². The molecule has 0 unspecified atom stereocenters. The highest BCUT2D eigenvalue weighted by Crippen LogP contribution is 2.24. The van der Waals surface area contributed by atoms with E-state index in [-0.39, 0.29) is 11.7 Å². The summed E-state index contributed by atoms with van der Waals surface area (Å²) in [6.45, 7) is 4.41. The number of benzene rings is 2. The Morgan fingerprint density at radius 3 is 2.59 bits per heavy atom. The Bertz CT molecular complexity index is 912. The SMILES string of the molecule is Cc1cccc(-c2nnc(CN3CCC(C(=O)c4ccccc4)CC3)o2)c1. The summed E-state index contributed by atoms with van der Waals surface area (Å²) in [4.78, 5) is 14.9. The second kappa shape index (κ2) is 7.84. The molecule has 138 valence electrons. The van der Waals surface area contributed by atoms with Crippen molar-refractivity contribution in [2.45, 2.75) is 26.3 Å². The first kappa shape index (κ1) is 17.6. The predicted molar refractivity (Wildman–Crippen MR) is 103 cm³/mol. The number of hydrogen-bond acceptors (Lipinski definition) is 5. The van der Waals surface area contributed by atoms with Gasteiger partial charge < -0.3 is 4.42 Å². The summed E-state index contributed by atoms with van der Waals surface area (Å²) in [6, 6.07) is 17.6. The first-order valence-corrected chi connectivity index (χ1v) is 9.40. The van der Waals surface area contributed by atoms with Gasteiger partial charge in [-0.3, -0.25) is 9.69 Å². The molecule has 3 aromatic rings. The van der Waals surface area contributed by atoms with Crippen LogP contribution in [-0.2, 0) is 6.54 Å². The van der Waals surface area contributed by atoms with Crippen LogP contribution in [0.25, 0.3) is 11.5 Å². The van der Waals surface area contributed by atoms with Crippen LogP contribution in [0.1, 0.15) is 34.7 Å². The van der Waals surface area contributed by atoms with Crippen LogP contribution in [0.4, 0.5) is 0 Å². The zero-order valence-corrected chi connectivity index (χ0v) is 15.5. The molecule has 1 saturated heterocycles. The van der Waals surface area contributed by atoms with E-state index >= 15 is 0 Å². The second-order valence-corrected chi connectivity index (χ2v) is 7.15. The number of piperidine rings is 1. The molecule has 0 atom stereocenters. The molecule has 1 aliphatic rings. The van der Waals surface area contributed by atoms with Crippen molar-refractivity contribution in [2.75, 3.05) is 13.1 Å². The van der Waals surface area contributed by atoms with E-state index in [2.05, 4.69) is 15.1 Å². The maximum Gasteiger partial charge on any atom is 0.247 e. The molecule has 2 heterocycles. The van der Waals surface area contributed by atoms with Crippen molar-refractivity contribution < 1.29 is 9.21 Å². The zero-order valence-electron chi connectivity index (χ0n) is 15.5. The summed E-state index contributed by atoms with van der Waals surface area (Å²) >= 11 is 0. The number of Topliss-reactive ketones (excluding diaryl/α,β-unsaturated/α-hetero) is 1. The number of likely N-dealkylation sites (tertiary alicyclic amines) is 1. The summed E-state index contributed by atoms with van der Waals surface area (Å²) in [7, 11) is 0. The first-order valence-electron chi connectivity index (χ1n) is 9.40. The lowest BCUT2D eigenvalue weighted by atomic mass is 9.89. The maximum atomic E-state index is 12.6. The fourth-order valence-electron chi connectivity index (χ4n) is 3.59. The molecule has 0 radical (unpaired) electrons. The Morgan fingerprint density at radius 2 is 1.85 bits per heavy atom. The van der Waals surface area contributed by atoms with E-state index in [1.54, 1.807) is 0 Å². The number of carbonyl (C=O) groups excluding carboxylic acids is 1. The van der Waals surface area contributed by atoms with Gasteiger partial charge in [-0.2, -0.15) is 0 Å². The Morgan fingerprint density at radius 1 is 1.07 bits per heavy atom. The van der Waals surface area contributed by atoms with Crippen molar-refractivity contribution >= 4 is 5.78 Å². The van der Waals surface area contributed by atoms with Gasteiger partial charge in [0.25, 0.3) is 0 Å². The molecule has 1 fully saturated rings. The van der Waals surface area contributed by atoms with Crippen LogP contribution in [-0.4, -0.2) is 34.0 Å². The van der Waals surface area contributed by atoms with Crippen molar-refractivity contribution in [3.05, 3.63) is 71.6 Å². The molecule has 0 spiro atoms. The van der Waals surface area contributed by atoms with E-state index in [1.807, 2.05) is 61.5 Å². The molecule has 2 aromatic carbocycles. The summed E-state index contributed by atoms with van der Waals surface area (Å²) < 4.78 is 5.84. The topological polar surface area (TPSA) is 59.2 Å². The number of aromatic nitrogens is 2. The highest BCUT2D eigenvalue weighted by atomic mass is 16.4. The van der Waals surface area contributed by atoms with Crippen LogP contribution in [0.5, 0.6) is 0 Å². The minimum atomic E-state index is 0.106. The van der Waals surface area contributed by atoms with Crippen LogP contribution in [0.15, 0.2) is 59.0 Å². The molecule has 1 aromatic heterocycles. The minimum absolute atomic E-state index is 0.106. The van der Waals surface area contributed by atoms with E-state index in [1.165, 1.54) is 0 Å². The number of ketones is 1. The lowest BCUT2D eigenvalue weighted by Crippen LogP contribution is -2.36. The molecule has 1 aliphatic heterocycles. The highest BCUT2D eigenvalue weighted by molar-refractivity contribution is 5.97. The molecule has 0 saturated carbocycles. The van der Waals surface area contributed by atoms with Crippen LogP contribution in [0.3, 0.4) is 0 Å². The van der Waals surface area contributed by atoms with Gasteiger partial charge in [-0.15, -0.1) is 10.2 Å². The summed E-state index contributed by atoms with van der Waals surface area (Å²) in [5.41, 5.74) is 2.92. The molecule has 0 bridgehead atoms. The van der Waals surface area contributed by atoms with Crippen molar-refractivity contribution in [1.29, 1.82) is 0 Å². The molecular weight excluding hydrogens is 338 g/mol. The molecular formula is C22H23N3O2. The Hall–Kier alpha value is -2.79. The fourth-order valence-corrected chi connectivity index (χ4v) is 3.59. The van der Waals surface area contributed by atoms with E-state index in [0.717, 1.165) is 42.6 Å². The zero-order chi connectivity index (χ0) is 18.6. The number of aryl methyl sites for hydroxylation is 1. The van der Waals surface area contributed by atoms with Crippen molar-refractivity contribution in [3.8, 4) is 11.5 Å². The van der Waals surface area contributed by atoms with Gasteiger partial charge in [0.15, 0.2) is 5.78 Å². The Balaban J connectivity index is 1.34. The first-order chi connectivity index (χ1) is 13.2. The van der Waals surface area contributed by atoms with E-state index in [9.17, 15) is 4.79 Å². The van der Waals surface area contributed by atoms with Gasteiger partial charge in [0.05, 0.1) is 6.54 Å². The average molecular weight is 361 g/mol. The fraction of sp³-hybridized carbons (Fsp3) is 0.318. The molecule has 5 heteroatoms. The molecule has 5 nitrogen and oxygen atoms in total. The number of nitrogens with zero attached hydrogens (tertiary/aromatic N) is 3. The highest BCUT2D eigenvalue weighted by Gasteiger charge is 2.26. The predicted octanol–water partition coefficient (Wildman–Crippen LogP) is 4.14. The van der Waals surface area contributed by atoms with Gasteiger partial charge in [0.2, 0.25) is 11.8 Å². The van der Waals surface area contributed by atoms with E-state index in [4.69, 9.17) is 4.42 Å². The number of rotatable bonds is 5. The molecule has 4 rings (SSSR count). The summed E-state index contributed by atoms with van der Waals surface area (Å²) in [5.74, 6) is 1.55. The summed E-state index contributed by atoms with van der Waals surface area (Å²) in [5, 5.41) is 8.37. The molecule has 0 N–H and O–H groups in total. The van der Waals surface area contributed by atoms with Gasteiger partial charge in [-0.1, -0.05) is 48.0 Å². The smallest absolute Gasteiger partial charge is 0.247 e. The van der Waals surface area contributed by atoms with Crippen molar-refractivity contribution in [1.82, 2.24) is 15.1 Å². The Kier molecular flexibility index (Phi) is 5.12. The van der Waals surface area contributed by atoms with Crippen molar-refractivity contribution in [3.63, 3.8) is 0 Å². The maximum absolute atomic E-state index is 12.6. The van der Waals surface area contributed by atoms with E-state index < -0.39 is 0 Å². The normalized spacial score (nSPS) is 15.7. The van der Waals surface area contributed by atoms with Crippen LogP contribution >= 0.6 is 0 Å². The monoisotopic (exact) mass is 361 g/mol. The third kappa shape index (κ3) is 4.14. The van der Waals surface area contributed by atoms with Gasteiger partial charge in [-0.25, -0.2) is 0 Å². The number of carbonyl (C=O) groups is 1. The lowest BCUT2D eigenvalue weighted by molar-refractivity contribution is 0.0828. The van der Waals surface area contributed by atoms with Crippen molar-refractivity contribution in [2.24, 2.45) is 5.92 Å². The lowest BCUT2D eigenvalue weighted by Gasteiger charge is -2.30. The third-order valence-electron chi connectivity index (χ3n) is 5.11. The quantitative estimate of drug-likeness (QED) is 0.639. The summed E-state index contributed by atoms with van der Waals surface area (Å²) in [6.07, 6.45) is 1.74. The third-order valence-corrected chi connectivity index (χ3v) is 5.11. The Labute approximate surface area is 159 Å². The van der Waals surface area contributed by atoms with Gasteiger partial charge in [0.1, 0.15) is 0 Å². The molecule has 0 aliphatic carbocycles. The van der Waals surface area contributed by atoms with Gasteiger partial charge in [-0.05, 0) is 45.0 Å². The second-order valence-electron chi connectivity index (χ2n) is 7.15. The van der Waals surface area contributed by atoms with Gasteiger partial charge in [0, 0.05) is 17.0 Å². The van der Waals surface area contributed by atoms with Crippen LogP contribution in [0, 0.1) is 12.8 Å². The minimum Gasteiger partial charge on any atom is -0.419 e. The molecule has 0 amide bonds. The van der Waals surface area contributed by atoms with Gasteiger partial charge >= 0.3 is 0 Å². The standard InChI is InChI=1S/C22H23N3O2/c1-16-6-5-9-19(14-16)22-24-23-20(27-22)15-25-12-10-18(11-13-25)21(26)17-7-3-2-4-8-17/h2-9,14,18H,10-13,15H2,1H3. The molecule has 27 heavy (non-hydrogen) atoms. The van der Waals surface area contributed by atoms with Crippen LogP contribution < -0.4 is 0 Å².